The van der Waals surface area contributed by atoms with Gasteiger partial charge in [0.25, 0.3) is 0 Å². The fraction of sp³-hybridized carbons (Fsp3) is 0. The third kappa shape index (κ3) is 5.66. The normalized spacial score (nSPS) is 11.5. The van der Waals surface area contributed by atoms with Crippen molar-refractivity contribution in [2.24, 2.45) is 0 Å². The Morgan fingerprint density at radius 1 is 0.316 bits per heavy atom. The molecular weight excluding hydrogens is 693 g/mol. The third-order valence-corrected chi connectivity index (χ3v) is 11.0. The number of fused-ring (bicyclic) bond motifs is 6. The third-order valence-electron chi connectivity index (χ3n) is 11.0. The van der Waals surface area contributed by atoms with Crippen LogP contribution in [-0.4, -0.2) is 19.5 Å². The van der Waals surface area contributed by atoms with E-state index >= 15 is 0 Å². The van der Waals surface area contributed by atoms with Crippen molar-refractivity contribution in [3.8, 4) is 62.0 Å². The van der Waals surface area contributed by atoms with Crippen LogP contribution in [0.3, 0.4) is 0 Å². The van der Waals surface area contributed by atoms with E-state index in [2.05, 4.69) is 187 Å². The molecule has 0 unspecified atom stereocenters. The molecule has 0 saturated heterocycles. The number of rotatable bonds is 6. The van der Waals surface area contributed by atoms with Crippen LogP contribution >= 0.6 is 0 Å². The average molecular weight is 727 g/mol. The lowest BCUT2D eigenvalue weighted by molar-refractivity contribution is 1.18. The maximum absolute atomic E-state index is 5.26. The molecule has 11 rings (SSSR count). The smallest absolute Gasteiger partial charge is 0.160 e. The summed E-state index contributed by atoms with van der Waals surface area (Å²) in [7, 11) is 0. The minimum absolute atomic E-state index is 0.699. The van der Waals surface area contributed by atoms with E-state index in [1.807, 2.05) is 24.3 Å². The average Bonchev–Trinajstić information content (AvgIpc) is 3.61. The standard InChI is InChI=1S/C53H34N4/c1-5-17-35(18-6-1)48-34-49(56-53(55-48)37-21-9-3-10-22-37)41-26-14-13-25-40(41)38-29-30-43-45-32-44-42-27-15-16-28-47(42)54-52(36-19-7-2-8-20-36)46(44)33-51(45)57(50(43)31-38)39-23-11-4-12-24-39/h1-34H. The van der Waals surface area contributed by atoms with Gasteiger partial charge in [0, 0.05) is 49.5 Å². The summed E-state index contributed by atoms with van der Waals surface area (Å²) in [4.78, 5) is 15.5. The first kappa shape index (κ1) is 32.7. The fourth-order valence-corrected chi connectivity index (χ4v) is 8.32. The first-order valence-corrected chi connectivity index (χ1v) is 19.3. The molecule has 4 nitrogen and oxygen atoms in total. The number of hydrogen-bond donors (Lipinski definition) is 0. The summed E-state index contributed by atoms with van der Waals surface area (Å²) in [5.74, 6) is 0.699. The minimum Gasteiger partial charge on any atom is -0.309 e. The van der Waals surface area contributed by atoms with Crippen molar-refractivity contribution in [2.45, 2.75) is 0 Å². The van der Waals surface area contributed by atoms with Crippen LogP contribution in [0.25, 0.3) is 105 Å². The number of benzene rings is 8. The molecular formula is C53H34N4. The van der Waals surface area contributed by atoms with E-state index < -0.39 is 0 Å². The van der Waals surface area contributed by atoms with E-state index in [-0.39, 0.29) is 0 Å². The molecule has 57 heavy (non-hydrogen) atoms. The molecule has 266 valence electrons. The molecule has 0 saturated carbocycles. The van der Waals surface area contributed by atoms with Crippen molar-refractivity contribution >= 4 is 43.5 Å². The molecule has 0 N–H and O–H groups in total. The molecule has 0 aliphatic rings. The molecule has 0 fully saturated rings. The van der Waals surface area contributed by atoms with Gasteiger partial charge in [0.2, 0.25) is 0 Å². The molecule has 3 heterocycles. The Bertz CT molecular complexity index is 3210. The molecule has 0 spiro atoms. The van der Waals surface area contributed by atoms with Gasteiger partial charge < -0.3 is 4.57 Å². The summed E-state index contributed by atoms with van der Waals surface area (Å²) in [6, 6.07) is 72.6. The predicted molar refractivity (Wildman–Crippen MR) is 236 cm³/mol. The summed E-state index contributed by atoms with van der Waals surface area (Å²) in [5, 5.41) is 5.87. The zero-order chi connectivity index (χ0) is 37.7. The highest BCUT2D eigenvalue weighted by atomic mass is 15.0. The molecule has 0 bridgehead atoms. The van der Waals surface area contributed by atoms with Crippen molar-refractivity contribution in [2.75, 3.05) is 0 Å². The van der Waals surface area contributed by atoms with E-state index in [1.165, 1.54) is 16.2 Å². The molecule has 0 aliphatic heterocycles. The lowest BCUT2D eigenvalue weighted by Crippen LogP contribution is -1.97. The van der Waals surface area contributed by atoms with Crippen LogP contribution in [0.5, 0.6) is 0 Å². The van der Waals surface area contributed by atoms with Crippen LogP contribution in [0.15, 0.2) is 206 Å². The van der Waals surface area contributed by atoms with Crippen LogP contribution < -0.4 is 0 Å². The van der Waals surface area contributed by atoms with Crippen molar-refractivity contribution in [1.82, 2.24) is 19.5 Å². The Hall–Kier alpha value is -7.69. The fourth-order valence-electron chi connectivity index (χ4n) is 8.32. The first-order chi connectivity index (χ1) is 28.3. The van der Waals surface area contributed by atoms with Crippen LogP contribution in [-0.2, 0) is 0 Å². The molecule has 0 amide bonds. The van der Waals surface area contributed by atoms with Crippen LogP contribution in [0.4, 0.5) is 0 Å². The zero-order valence-corrected chi connectivity index (χ0v) is 30.9. The van der Waals surface area contributed by atoms with E-state index in [0.29, 0.717) is 5.82 Å². The molecule has 11 aromatic rings. The second kappa shape index (κ2) is 13.6. The highest BCUT2D eigenvalue weighted by Gasteiger charge is 2.20. The molecule has 3 aromatic heterocycles. The lowest BCUT2D eigenvalue weighted by atomic mass is 9.95. The van der Waals surface area contributed by atoms with Gasteiger partial charge in [-0.05, 0) is 59.0 Å². The number of hydrogen-bond acceptors (Lipinski definition) is 3. The summed E-state index contributed by atoms with van der Waals surface area (Å²) < 4.78 is 2.41. The van der Waals surface area contributed by atoms with Crippen molar-refractivity contribution in [1.29, 1.82) is 0 Å². The number of pyridine rings is 1. The number of para-hydroxylation sites is 2. The quantitative estimate of drug-likeness (QED) is 0.160. The van der Waals surface area contributed by atoms with E-state index in [1.54, 1.807) is 0 Å². The Morgan fingerprint density at radius 3 is 1.67 bits per heavy atom. The molecule has 0 radical (unpaired) electrons. The van der Waals surface area contributed by atoms with Gasteiger partial charge in [0.15, 0.2) is 5.82 Å². The van der Waals surface area contributed by atoms with Gasteiger partial charge in [-0.25, -0.2) is 15.0 Å². The maximum Gasteiger partial charge on any atom is 0.160 e. The van der Waals surface area contributed by atoms with Gasteiger partial charge in [-0.15, -0.1) is 0 Å². The van der Waals surface area contributed by atoms with Crippen molar-refractivity contribution in [3.63, 3.8) is 0 Å². The van der Waals surface area contributed by atoms with E-state index in [9.17, 15) is 0 Å². The van der Waals surface area contributed by atoms with Crippen LogP contribution in [0.1, 0.15) is 0 Å². The Morgan fingerprint density at radius 2 is 0.912 bits per heavy atom. The van der Waals surface area contributed by atoms with Crippen LogP contribution in [0.2, 0.25) is 0 Å². The highest BCUT2D eigenvalue weighted by Crippen LogP contribution is 2.42. The number of nitrogens with zero attached hydrogens (tertiary/aromatic N) is 4. The summed E-state index contributed by atoms with van der Waals surface area (Å²) >= 11 is 0. The molecule has 8 aromatic carbocycles. The predicted octanol–water partition coefficient (Wildman–Crippen LogP) is 13.6. The monoisotopic (exact) mass is 726 g/mol. The maximum atomic E-state index is 5.26. The molecule has 4 heteroatoms. The summed E-state index contributed by atoms with van der Waals surface area (Å²) in [6.45, 7) is 0. The van der Waals surface area contributed by atoms with Gasteiger partial charge in [-0.3, -0.25) is 0 Å². The molecule has 0 aliphatic carbocycles. The summed E-state index contributed by atoms with van der Waals surface area (Å²) in [5.41, 5.74) is 13.5. The highest BCUT2D eigenvalue weighted by molar-refractivity contribution is 6.20. The van der Waals surface area contributed by atoms with Gasteiger partial charge in [-0.1, -0.05) is 164 Å². The minimum atomic E-state index is 0.699. The van der Waals surface area contributed by atoms with Gasteiger partial charge in [0.1, 0.15) is 0 Å². The number of aromatic nitrogens is 4. The van der Waals surface area contributed by atoms with Crippen LogP contribution in [0, 0.1) is 0 Å². The van der Waals surface area contributed by atoms with E-state index in [0.717, 1.165) is 83.5 Å². The lowest BCUT2D eigenvalue weighted by Gasteiger charge is -2.14. The topological polar surface area (TPSA) is 43.6 Å². The summed E-state index contributed by atoms with van der Waals surface area (Å²) in [6.07, 6.45) is 0. The Kier molecular flexibility index (Phi) is 7.78. The van der Waals surface area contributed by atoms with Crippen molar-refractivity contribution in [3.05, 3.63) is 206 Å². The second-order valence-corrected chi connectivity index (χ2v) is 14.4. The second-order valence-electron chi connectivity index (χ2n) is 14.4. The van der Waals surface area contributed by atoms with E-state index in [4.69, 9.17) is 15.0 Å². The Labute approximate surface area is 330 Å². The first-order valence-electron chi connectivity index (χ1n) is 19.3. The molecule has 0 atom stereocenters. The zero-order valence-electron chi connectivity index (χ0n) is 30.9. The largest absolute Gasteiger partial charge is 0.309 e. The van der Waals surface area contributed by atoms with Crippen molar-refractivity contribution < 1.29 is 0 Å². The van der Waals surface area contributed by atoms with Gasteiger partial charge in [-0.2, -0.15) is 0 Å². The Balaban J connectivity index is 1.17. The SMILES string of the molecule is c1ccc(-c2cc(-c3ccccc3-c3ccc4c5cc6c(cc5n(-c5ccccc5)c4c3)c(-c3ccccc3)nc3ccccc36)nc(-c3ccccc3)n2)cc1. The van der Waals surface area contributed by atoms with Gasteiger partial charge >= 0.3 is 0 Å². The van der Waals surface area contributed by atoms with Gasteiger partial charge in [0.05, 0.1) is 33.6 Å².